The highest BCUT2D eigenvalue weighted by atomic mass is 16.5. The summed E-state index contributed by atoms with van der Waals surface area (Å²) in [4.78, 5) is 19.2. The molecule has 1 aliphatic rings. The molecular weight excluding hydrogens is 364 g/mol. The zero-order chi connectivity index (χ0) is 21.2. The van der Waals surface area contributed by atoms with Crippen LogP contribution in [0.3, 0.4) is 0 Å². The fourth-order valence-electron chi connectivity index (χ4n) is 3.57. The van der Waals surface area contributed by atoms with Crippen LogP contribution in [0.2, 0.25) is 0 Å². The normalized spacial score (nSPS) is 16.8. The van der Waals surface area contributed by atoms with Crippen LogP contribution in [-0.2, 0) is 16.8 Å². The van der Waals surface area contributed by atoms with Crippen molar-refractivity contribution in [2.45, 2.75) is 71.9 Å². The Hall–Kier alpha value is -2.21. The molecule has 1 saturated heterocycles. The first kappa shape index (κ1) is 21.5. The van der Waals surface area contributed by atoms with Gasteiger partial charge >= 0.3 is 0 Å². The molecular formula is C23H34N4O2. The molecule has 0 bridgehead atoms. The second-order valence-corrected chi connectivity index (χ2v) is 10.1. The molecule has 1 N–H and O–H groups in total. The molecule has 6 nitrogen and oxygen atoms in total. The number of likely N-dealkylation sites (tertiary alicyclic amines) is 1. The van der Waals surface area contributed by atoms with Crippen molar-refractivity contribution >= 4 is 5.91 Å². The minimum absolute atomic E-state index is 0.0880. The minimum atomic E-state index is -0.181. The van der Waals surface area contributed by atoms with Crippen molar-refractivity contribution in [1.82, 2.24) is 20.4 Å². The Bertz CT molecular complexity index is 820. The number of hydrogen-bond donors (Lipinski definition) is 1. The van der Waals surface area contributed by atoms with E-state index >= 15 is 0 Å². The van der Waals surface area contributed by atoms with Crippen LogP contribution < -0.4 is 5.32 Å². The fraction of sp³-hybridized carbons (Fsp3) is 0.609. The predicted octanol–water partition coefficient (Wildman–Crippen LogP) is 4.16. The highest BCUT2D eigenvalue weighted by Gasteiger charge is 2.28. The molecule has 0 aliphatic carbocycles. The average molecular weight is 399 g/mol. The van der Waals surface area contributed by atoms with Gasteiger partial charge in [0.15, 0.2) is 0 Å². The van der Waals surface area contributed by atoms with Crippen LogP contribution in [-0.4, -0.2) is 39.6 Å². The van der Waals surface area contributed by atoms with Crippen molar-refractivity contribution in [3.63, 3.8) is 0 Å². The van der Waals surface area contributed by atoms with Crippen molar-refractivity contribution in [2.24, 2.45) is 5.92 Å². The number of nitrogens with one attached hydrogen (secondary N) is 1. The van der Waals surface area contributed by atoms with Crippen molar-refractivity contribution in [3.05, 3.63) is 35.7 Å². The summed E-state index contributed by atoms with van der Waals surface area (Å²) in [5, 5.41) is 7.24. The van der Waals surface area contributed by atoms with E-state index in [0.717, 1.165) is 31.5 Å². The van der Waals surface area contributed by atoms with Crippen LogP contribution in [0, 0.1) is 5.92 Å². The second-order valence-electron chi connectivity index (χ2n) is 10.1. The maximum atomic E-state index is 12.4. The monoisotopic (exact) mass is 398 g/mol. The first-order valence-corrected chi connectivity index (χ1v) is 10.5. The molecule has 1 aromatic carbocycles. The van der Waals surface area contributed by atoms with E-state index in [2.05, 4.69) is 65.4 Å². The lowest BCUT2D eigenvalue weighted by Crippen LogP contribution is -2.46. The molecule has 0 spiro atoms. The molecule has 2 heterocycles. The van der Waals surface area contributed by atoms with Gasteiger partial charge in [-0.15, -0.1) is 0 Å². The van der Waals surface area contributed by atoms with Gasteiger partial charge in [0, 0.05) is 17.0 Å². The summed E-state index contributed by atoms with van der Waals surface area (Å²) in [5.74, 6) is 1.50. The average Bonchev–Trinajstić information content (AvgIpc) is 3.09. The van der Waals surface area contributed by atoms with Gasteiger partial charge in [0.25, 0.3) is 0 Å². The van der Waals surface area contributed by atoms with Crippen LogP contribution in [0.1, 0.15) is 65.8 Å². The van der Waals surface area contributed by atoms with Gasteiger partial charge in [0.05, 0.1) is 6.54 Å². The number of hydrogen-bond acceptors (Lipinski definition) is 5. The lowest BCUT2D eigenvalue weighted by Gasteiger charge is -2.32. The van der Waals surface area contributed by atoms with E-state index in [1.165, 1.54) is 5.56 Å². The van der Waals surface area contributed by atoms with Crippen LogP contribution in [0.15, 0.2) is 28.8 Å². The lowest BCUT2D eigenvalue weighted by atomic mass is 9.87. The molecule has 29 heavy (non-hydrogen) atoms. The standard InChI is InChI=1S/C23H34N4O2/c1-22(2,3)18-9-7-16(8-10-18)20-24-19(29-26-20)15-27-13-11-17(12-14-27)21(28)25-23(4,5)6/h7-10,17H,11-15H2,1-6H3,(H,25,28). The zero-order valence-corrected chi connectivity index (χ0v) is 18.6. The summed E-state index contributed by atoms with van der Waals surface area (Å²) >= 11 is 0. The number of rotatable bonds is 4. The smallest absolute Gasteiger partial charge is 0.241 e. The number of carbonyl (C=O) groups excluding carboxylic acids is 1. The van der Waals surface area contributed by atoms with Gasteiger partial charge in [-0.25, -0.2) is 0 Å². The summed E-state index contributed by atoms with van der Waals surface area (Å²) < 4.78 is 5.48. The third-order valence-corrected chi connectivity index (χ3v) is 5.29. The van der Waals surface area contributed by atoms with Gasteiger partial charge < -0.3 is 9.84 Å². The first-order valence-electron chi connectivity index (χ1n) is 10.5. The van der Waals surface area contributed by atoms with E-state index in [0.29, 0.717) is 18.3 Å². The van der Waals surface area contributed by atoms with Crippen molar-refractivity contribution in [3.8, 4) is 11.4 Å². The Kier molecular flexibility index (Phi) is 6.13. The number of amides is 1. The number of piperidine rings is 1. The van der Waals surface area contributed by atoms with E-state index < -0.39 is 0 Å². The number of nitrogens with zero attached hydrogens (tertiary/aromatic N) is 3. The molecule has 2 aromatic rings. The molecule has 158 valence electrons. The van der Waals surface area contributed by atoms with Gasteiger partial charge in [-0.3, -0.25) is 9.69 Å². The highest BCUT2D eigenvalue weighted by molar-refractivity contribution is 5.79. The highest BCUT2D eigenvalue weighted by Crippen LogP contribution is 2.25. The Morgan fingerprint density at radius 1 is 1.10 bits per heavy atom. The lowest BCUT2D eigenvalue weighted by molar-refractivity contribution is -0.127. The number of aromatic nitrogens is 2. The molecule has 0 radical (unpaired) electrons. The Morgan fingerprint density at radius 2 is 1.72 bits per heavy atom. The van der Waals surface area contributed by atoms with Gasteiger partial charge in [0.2, 0.25) is 17.6 Å². The topological polar surface area (TPSA) is 71.3 Å². The second kappa shape index (κ2) is 8.27. The Labute approximate surface area is 174 Å². The fourth-order valence-corrected chi connectivity index (χ4v) is 3.57. The Balaban J connectivity index is 1.54. The van der Waals surface area contributed by atoms with Gasteiger partial charge in [-0.05, 0) is 57.7 Å². The van der Waals surface area contributed by atoms with Crippen molar-refractivity contribution in [2.75, 3.05) is 13.1 Å². The van der Waals surface area contributed by atoms with E-state index in [-0.39, 0.29) is 22.8 Å². The van der Waals surface area contributed by atoms with E-state index in [1.54, 1.807) is 0 Å². The van der Waals surface area contributed by atoms with E-state index in [1.807, 2.05) is 20.8 Å². The van der Waals surface area contributed by atoms with Crippen molar-refractivity contribution in [1.29, 1.82) is 0 Å². The molecule has 6 heteroatoms. The predicted molar refractivity (Wildman–Crippen MR) is 114 cm³/mol. The zero-order valence-electron chi connectivity index (χ0n) is 18.6. The largest absolute Gasteiger partial charge is 0.351 e. The summed E-state index contributed by atoms with van der Waals surface area (Å²) in [5.41, 5.74) is 2.19. The molecule has 1 aromatic heterocycles. The molecule has 0 saturated carbocycles. The maximum absolute atomic E-state index is 12.4. The third kappa shape index (κ3) is 5.89. The SMILES string of the molecule is CC(C)(C)NC(=O)C1CCN(Cc2nc(-c3ccc(C(C)(C)C)cc3)no2)CC1. The molecule has 0 atom stereocenters. The van der Waals surface area contributed by atoms with Crippen molar-refractivity contribution < 1.29 is 9.32 Å². The summed E-state index contributed by atoms with van der Waals surface area (Å²) in [7, 11) is 0. The van der Waals surface area contributed by atoms with Gasteiger partial charge in [-0.2, -0.15) is 4.98 Å². The first-order chi connectivity index (χ1) is 13.5. The summed E-state index contributed by atoms with van der Waals surface area (Å²) in [6.07, 6.45) is 1.72. The minimum Gasteiger partial charge on any atom is -0.351 e. The van der Waals surface area contributed by atoms with Gasteiger partial charge in [-0.1, -0.05) is 50.2 Å². The van der Waals surface area contributed by atoms with Crippen LogP contribution in [0.25, 0.3) is 11.4 Å². The van der Waals surface area contributed by atoms with E-state index in [4.69, 9.17) is 4.52 Å². The summed E-state index contributed by atoms with van der Waals surface area (Å²) in [6, 6.07) is 8.35. The summed E-state index contributed by atoms with van der Waals surface area (Å²) in [6.45, 7) is 15.0. The molecule has 1 aliphatic heterocycles. The molecule has 0 unspecified atom stereocenters. The Morgan fingerprint density at radius 3 is 2.28 bits per heavy atom. The number of carbonyl (C=O) groups is 1. The van der Waals surface area contributed by atoms with Crippen LogP contribution in [0.4, 0.5) is 0 Å². The van der Waals surface area contributed by atoms with Crippen LogP contribution in [0.5, 0.6) is 0 Å². The molecule has 1 fully saturated rings. The van der Waals surface area contributed by atoms with E-state index in [9.17, 15) is 4.79 Å². The molecule has 1 amide bonds. The quantitative estimate of drug-likeness (QED) is 0.837. The number of benzene rings is 1. The van der Waals surface area contributed by atoms with Crippen LogP contribution >= 0.6 is 0 Å². The molecule has 3 rings (SSSR count). The van der Waals surface area contributed by atoms with Gasteiger partial charge in [0.1, 0.15) is 0 Å². The third-order valence-electron chi connectivity index (χ3n) is 5.29. The maximum Gasteiger partial charge on any atom is 0.241 e.